The third kappa shape index (κ3) is 5.12. The number of rotatable bonds is 7. The summed E-state index contributed by atoms with van der Waals surface area (Å²) in [4.78, 5) is 48.0. The van der Waals surface area contributed by atoms with E-state index in [-0.39, 0.29) is 29.1 Å². The molecule has 1 aliphatic carbocycles. The molecule has 1 aromatic carbocycles. The van der Waals surface area contributed by atoms with Crippen molar-refractivity contribution in [3.63, 3.8) is 0 Å². The van der Waals surface area contributed by atoms with Gasteiger partial charge >= 0.3 is 0 Å². The van der Waals surface area contributed by atoms with Crippen LogP contribution in [0.5, 0.6) is 17.2 Å². The number of benzene rings is 1. The van der Waals surface area contributed by atoms with Gasteiger partial charge in [-0.25, -0.2) is 4.98 Å². The van der Waals surface area contributed by atoms with E-state index in [0.29, 0.717) is 42.1 Å². The lowest BCUT2D eigenvalue weighted by Crippen LogP contribution is -2.37. The van der Waals surface area contributed by atoms with Gasteiger partial charge in [-0.05, 0) is 62.1 Å². The number of pyridine rings is 3. The van der Waals surface area contributed by atoms with E-state index in [1.54, 1.807) is 36.1 Å². The van der Waals surface area contributed by atoms with E-state index < -0.39 is 11.5 Å². The summed E-state index contributed by atoms with van der Waals surface area (Å²) >= 11 is 0. The number of Topliss-reactive ketones (excluding diaryl/α,β-unsaturated/α-hetero) is 1. The van der Waals surface area contributed by atoms with Crippen LogP contribution in [0.25, 0.3) is 10.9 Å². The smallest absolute Gasteiger partial charge is 0.263 e. The van der Waals surface area contributed by atoms with Crippen LogP contribution in [0.3, 0.4) is 0 Å². The first-order valence-electron chi connectivity index (χ1n) is 13.0. The summed E-state index contributed by atoms with van der Waals surface area (Å²) in [5, 5.41) is 3.51. The van der Waals surface area contributed by atoms with E-state index in [9.17, 15) is 14.4 Å². The second kappa shape index (κ2) is 10.7. The molecule has 0 spiro atoms. The van der Waals surface area contributed by atoms with Gasteiger partial charge in [-0.15, -0.1) is 0 Å². The molecule has 3 heterocycles. The number of hydrogen-bond acceptors (Lipinski definition) is 7. The van der Waals surface area contributed by atoms with Gasteiger partial charge in [0, 0.05) is 41.4 Å². The minimum Gasteiger partial charge on any atom is -0.497 e. The van der Waals surface area contributed by atoms with Gasteiger partial charge in [0.15, 0.2) is 5.78 Å². The molecule has 0 radical (unpaired) electrons. The first-order chi connectivity index (χ1) is 18.8. The lowest BCUT2D eigenvalue weighted by atomic mass is 9.91. The van der Waals surface area contributed by atoms with Gasteiger partial charge in [0.25, 0.3) is 11.5 Å². The van der Waals surface area contributed by atoms with Crippen molar-refractivity contribution < 1.29 is 19.1 Å². The van der Waals surface area contributed by atoms with Gasteiger partial charge in [0.2, 0.25) is 0 Å². The maximum atomic E-state index is 13.5. The Hall–Kier alpha value is -4.53. The van der Waals surface area contributed by atoms with Gasteiger partial charge in [0.1, 0.15) is 28.6 Å². The number of nitrogens with zero attached hydrogens (tertiary/aromatic N) is 3. The Bertz CT molecular complexity index is 1630. The zero-order chi connectivity index (χ0) is 27.7. The molecule has 5 rings (SSSR count). The second-order valence-electron chi connectivity index (χ2n) is 9.98. The number of ether oxygens (including phenoxy) is 2. The van der Waals surface area contributed by atoms with Crippen LogP contribution in [0.2, 0.25) is 0 Å². The van der Waals surface area contributed by atoms with E-state index in [1.165, 1.54) is 12.3 Å². The monoisotopic (exact) mass is 526 g/mol. The van der Waals surface area contributed by atoms with Crippen molar-refractivity contribution in [1.29, 1.82) is 0 Å². The zero-order valence-corrected chi connectivity index (χ0v) is 22.4. The van der Waals surface area contributed by atoms with Crippen molar-refractivity contribution in [2.24, 2.45) is 5.92 Å². The first kappa shape index (κ1) is 26.1. The van der Waals surface area contributed by atoms with Crippen molar-refractivity contribution in [2.45, 2.75) is 46.1 Å². The Morgan fingerprint density at radius 3 is 2.51 bits per heavy atom. The van der Waals surface area contributed by atoms with Gasteiger partial charge in [0.05, 0.1) is 18.8 Å². The number of aromatic nitrogens is 3. The van der Waals surface area contributed by atoms with E-state index in [2.05, 4.69) is 15.3 Å². The van der Waals surface area contributed by atoms with Gasteiger partial charge in [-0.3, -0.25) is 19.4 Å². The standard InChI is InChI=1S/C30H30N4O5/c1-17(2)18(3)34-25-6-5-7-26(35)22(25)15-23(30(34)37)29(36)33-28-11-9-20(16-32-28)39-27-12-13-31-24-14-19(38-4)8-10-21(24)27/h8-18H,5-7H2,1-4H3,(H,32,33,36)/t18-/m0/s1. The minimum atomic E-state index is -0.610. The molecule has 9 heteroatoms. The van der Waals surface area contributed by atoms with Crippen LogP contribution in [-0.2, 0) is 6.42 Å². The van der Waals surface area contributed by atoms with Crippen LogP contribution in [0.15, 0.2) is 59.7 Å². The minimum absolute atomic E-state index is 0.0447. The molecule has 1 atom stereocenters. The Kier molecular flexibility index (Phi) is 7.15. The van der Waals surface area contributed by atoms with Crippen LogP contribution in [0, 0.1) is 5.92 Å². The number of amides is 1. The Morgan fingerprint density at radius 1 is 1.00 bits per heavy atom. The van der Waals surface area contributed by atoms with E-state index in [4.69, 9.17) is 9.47 Å². The van der Waals surface area contributed by atoms with E-state index in [1.807, 2.05) is 39.0 Å². The largest absolute Gasteiger partial charge is 0.497 e. The predicted octanol–water partition coefficient (Wildman–Crippen LogP) is 5.58. The molecule has 0 aliphatic heterocycles. The topological polar surface area (TPSA) is 112 Å². The third-order valence-corrected chi connectivity index (χ3v) is 7.19. The third-order valence-electron chi connectivity index (χ3n) is 7.19. The summed E-state index contributed by atoms with van der Waals surface area (Å²) < 4.78 is 12.9. The van der Waals surface area contributed by atoms with Gasteiger partial charge < -0.3 is 19.4 Å². The fraction of sp³-hybridized carbons (Fsp3) is 0.300. The number of hydrogen-bond donors (Lipinski definition) is 1. The summed E-state index contributed by atoms with van der Waals surface area (Å²) in [6.07, 6.45) is 4.88. The predicted molar refractivity (Wildman–Crippen MR) is 148 cm³/mol. The molecule has 9 nitrogen and oxygen atoms in total. The van der Waals surface area contributed by atoms with Crippen LogP contribution < -0.4 is 20.3 Å². The quantitative estimate of drug-likeness (QED) is 0.334. The molecule has 1 amide bonds. The molecular weight excluding hydrogens is 496 g/mol. The molecule has 1 N–H and O–H groups in total. The van der Waals surface area contributed by atoms with Gasteiger partial charge in [-0.2, -0.15) is 0 Å². The molecule has 200 valence electrons. The Morgan fingerprint density at radius 2 is 1.79 bits per heavy atom. The number of carbonyl (C=O) groups is 2. The molecule has 0 bridgehead atoms. The summed E-state index contributed by atoms with van der Waals surface area (Å²) in [5.74, 6) is 1.50. The highest BCUT2D eigenvalue weighted by Gasteiger charge is 2.28. The molecule has 0 saturated heterocycles. The van der Waals surface area contributed by atoms with E-state index >= 15 is 0 Å². The summed E-state index contributed by atoms with van der Waals surface area (Å²) in [5.41, 5.74) is 1.43. The highest BCUT2D eigenvalue weighted by Crippen LogP contribution is 2.31. The molecule has 0 fully saturated rings. The van der Waals surface area contributed by atoms with Crippen molar-refractivity contribution in [2.75, 3.05) is 12.4 Å². The van der Waals surface area contributed by atoms with Crippen molar-refractivity contribution >= 4 is 28.4 Å². The van der Waals surface area contributed by atoms with Crippen LogP contribution >= 0.6 is 0 Å². The zero-order valence-electron chi connectivity index (χ0n) is 22.4. The number of anilines is 1. The average molecular weight is 527 g/mol. The van der Waals surface area contributed by atoms with Gasteiger partial charge in [-0.1, -0.05) is 13.8 Å². The number of methoxy groups -OCH3 is 1. The highest BCUT2D eigenvalue weighted by atomic mass is 16.5. The van der Waals surface area contributed by atoms with Crippen molar-refractivity contribution in [1.82, 2.24) is 14.5 Å². The lowest BCUT2D eigenvalue weighted by Gasteiger charge is -2.27. The van der Waals surface area contributed by atoms with Crippen molar-refractivity contribution in [3.05, 3.63) is 82.0 Å². The van der Waals surface area contributed by atoms with E-state index in [0.717, 1.165) is 16.6 Å². The Labute approximate surface area is 225 Å². The lowest BCUT2D eigenvalue weighted by molar-refractivity contribution is 0.0969. The summed E-state index contributed by atoms with van der Waals surface area (Å²) in [6, 6.07) is 11.8. The summed E-state index contributed by atoms with van der Waals surface area (Å²) in [7, 11) is 1.60. The maximum absolute atomic E-state index is 13.5. The number of ketones is 1. The normalized spacial score (nSPS) is 13.7. The highest BCUT2D eigenvalue weighted by molar-refractivity contribution is 6.06. The second-order valence-corrected chi connectivity index (χ2v) is 9.98. The van der Waals surface area contributed by atoms with Crippen LogP contribution in [0.4, 0.5) is 5.82 Å². The fourth-order valence-corrected chi connectivity index (χ4v) is 4.75. The average Bonchev–Trinajstić information content (AvgIpc) is 2.93. The number of nitrogens with one attached hydrogen (secondary N) is 1. The maximum Gasteiger partial charge on any atom is 0.263 e. The SMILES string of the molecule is COc1ccc2c(Oc3ccc(NC(=O)c4cc5c(n([C@@H](C)C(C)C)c4=O)CCCC5=O)nc3)ccnc2c1. The Balaban J connectivity index is 1.39. The first-order valence-corrected chi connectivity index (χ1v) is 13.0. The molecule has 0 saturated carbocycles. The molecule has 3 aromatic heterocycles. The molecular formula is C30H30N4O5. The number of carbonyl (C=O) groups excluding carboxylic acids is 2. The van der Waals surface area contributed by atoms with Crippen molar-refractivity contribution in [3.8, 4) is 17.2 Å². The fourth-order valence-electron chi connectivity index (χ4n) is 4.75. The molecule has 4 aromatic rings. The number of fused-ring (bicyclic) bond motifs is 2. The van der Waals surface area contributed by atoms with Crippen LogP contribution in [-0.4, -0.2) is 33.3 Å². The molecule has 1 aliphatic rings. The summed E-state index contributed by atoms with van der Waals surface area (Å²) in [6.45, 7) is 5.97. The molecule has 0 unspecified atom stereocenters. The molecule has 39 heavy (non-hydrogen) atoms. The van der Waals surface area contributed by atoms with Crippen LogP contribution in [0.1, 0.15) is 66.1 Å².